The molecule has 0 spiro atoms. The quantitative estimate of drug-likeness (QED) is 0.279. The molecule has 2 bridgehead atoms. The molecule has 0 radical (unpaired) electrons. The summed E-state index contributed by atoms with van der Waals surface area (Å²) in [5.74, 6) is 2.30. The Kier molecular flexibility index (Phi) is 10.8. The summed E-state index contributed by atoms with van der Waals surface area (Å²) in [6.07, 6.45) is 3.05. The zero-order valence-electron chi connectivity index (χ0n) is 23.9. The Morgan fingerprint density at radius 3 is 2.70 bits per heavy atom. The number of amides is 1. The van der Waals surface area contributed by atoms with E-state index >= 15 is 0 Å². The monoisotopic (exact) mass is 583 g/mol. The maximum absolute atomic E-state index is 13.7. The third kappa shape index (κ3) is 7.41. The molecule has 0 aromatic heterocycles. The molecule has 5 heterocycles. The van der Waals surface area contributed by atoms with Crippen molar-refractivity contribution < 1.29 is 34.3 Å². The van der Waals surface area contributed by atoms with Gasteiger partial charge in [0.05, 0.1) is 25.4 Å². The number of nitrogens with one attached hydrogen (secondary N) is 2. The predicted octanol–water partition coefficient (Wildman–Crippen LogP) is 0.350. The van der Waals surface area contributed by atoms with Crippen LogP contribution in [-0.4, -0.2) is 126 Å². The normalized spacial score (nSPS) is 43.2. The topological polar surface area (TPSA) is 133 Å². The standard InChI is InChI=1S/C29H49N3O7S/c1-17(2)12-18-6-9-38-26-20(13-18)14-30-22(26)28(36)31-21-5-3-4-19(15-32-7-10-37-11-8-32)16-40-29-25(35)23(33)24(34)27(21)39-29/h3-4,17-27,29-30,33-35H,5-16H2,1-2H3,(H,31,36)/t18-,19-,20-,21+,22-,23-,24+,25+,26+,27+,29+/m0/s1. The van der Waals surface area contributed by atoms with Gasteiger partial charge in [0.25, 0.3) is 0 Å². The van der Waals surface area contributed by atoms with Crippen LogP contribution in [0, 0.1) is 23.7 Å². The summed E-state index contributed by atoms with van der Waals surface area (Å²) in [7, 11) is 0. The number of thioether (sulfide) groups is 1. The van der Waals surface area contributed by atoms with E-state index < -0.39 is 41.9 Å². The summed E-state index contributed by atoms with van der Waals surface area (Å²) in [6.45, 7) is 10.0. The van der Waals surface area contributed by atoms with Crippen LogP contribution in [0.3, 0.4) is 0 Å². The molecule has 11 heteroatoms. The molecule has 0 saturated carbocycles. The fourth-order valence-corrected chi connectivity index (χ4v) is 8.30. The predicted molar refractivity (Wildman–Crippen MR) is 153 cm³/mol. The summed E-state index contributed by atoms with van der Waals surface area (Å²) in [4.78, 5) is 16.1. The molecule has 5 aliphatic rings. The summed E-state index contributed by atoms with van der Waals surface area (Å²) in [5.41, 5.74) is -0.696. The Bertz CT molecular complexity index is 859. The summed E-state index contributed by atoms with van der Waals surface area (Å²) in [6, 6.07) is -1.04. The van der Waals surface area contributed by atoms with Crippen LogP contribution in [0.15, 0.2) is 12.2 Å². The van der Waals surface area contributed by atoms with Crippen molar-refractivity contribution in [1.29, 1.82) is 0 Å². The third-order valence-corrected chi connectivity index (χ3v) is 10.5. The van der Waals surface area contributed by atoms with E-state index in [2.05, 4.69) is 41.5 Å². The van der Waals surface area contributed by atoms with Crippen LogP contribution >= 0.6 is 11.8 Å². The minimum Gasteiger partial charge on any atom is -0.388 e. The van der Waals surface area contributed by atoms with Gasteiger partial charge in [-0.3, -0.25) is 9.69 Å². The van der Waals surface area contributed by atoms with Gasteiger partial charge in [0.2, 0.25) is 5.91 Å². The van der Waals surface area contributed by atoms with E-state index in [1.54, 1.807) is 0 Å². The van der Waals surface area contributed by atoms with Crippen LogP contribution < -0.4 is 10.6 Å². The van der Waals surface area contributed by atoms with Crippen LogP contribution in [0.1, 0.15) is 39.5 Å². The lowest BCUT2D eigenvalue weighted by Crippen LogP contribution is -2.64. The van der Waals surface area contributed by atoms with Crippen LogP contribution in [-0.2, 0) is 19.0 Å². The number of rotatable bonds is 6. The third-order valence-electron chi connectivity index (χ3n) is 9.15. The first-order chi connectivity index (χ1) is 19.3. The zero-order chi connectivity index (χ0) is 28.2. The molecule has 1 amide bonds. The first-order valence-corrected chi connectivity index (χ1v) is 16.3. The van der Waals surface area contributed by atoms with Gasteiger partial charge in [-0.05, 0) is 49.4 Å². The highest BCUT2D eigenvalue weighted by molar-refractivity contribution is 7.99. The van der Waals surface area contributed by atoms with Crippen molar-refractivity contribution >= 4 is 17.7 Å². The summed E-state index contributed by atoms with van der Waals surface area (Å²) < 4.78 is 18.0. The molecule has 5 rings (SSSR count). The minimum atomic E-state index is -1.35. The lowest BCUT2D eigenvalue weighted by Gasteiger charge is -2.44. The molecule has 0 aromatic carbocycles. The molecule has 0 aliphatic carbocycles. The number of carbonyl (C=O) groups excluding carboxylic acids is 1. The van der Waals surface area contributed by atoms with Crippen molar-refractivity contribution in [3.63, 3.8) is 0 Å². The van der Waals surface area contributed by atoms with Crippen molar-refractivity contribution in [1.82, 2.24) is 15.5 Å². The minimum absolute atomic E-state index is 0.171. The smallest absolute Gasteiger partial charge is 0.240 e. The SMILES string of the molecule is CC(C)C[C@@H]1CCO[C@@H]2[C@H](CN[C@@H]2C(=O)N[C@@H]2CC=C[C@@H](CN3CCOCC3)CS[C@H]3O[C@H]2[C@H](O)[C@H](O)[C@H]3O)C1. The molecular formula is C29H49N3O7S. The molecule has 5 N–H and O–H groups in total. The van der Waals surface area contributed by atoms with Gasteiger partial charge in [-0.1, -0.05) is 26.0 Å². The second-order valence-corrected chi connectivity index (χ2v) is 13.9. The number of morpholine rings is 1. The molecule has 11 atom stereocenters. The molecule has 0 aromatic rings. The van der Waals surface area contributed by atoms with Crippen LogP contribution in [0.2, 0.25) is 0 Å². The van der Waals surface area contributed by atoms with Crippen molar-refractivity contribution in [2.75, 3.05) is 51.8 Å². The Balaban J connectivity index is 1.28. The molecule has 5 aliphatic heterocycles. The number of ether oxygens (including phenoxy) is 3. The lowest BCUT2D eigenvalue weighted by atomic mass is 9.85. The van der Waals surface area contributed by atoms with Gasteiger partial charge in [0.15, 0.2) is 0 Å². The molecule has 10 nitrogen and oxygen atoms in total. The summed E-state index contributed by atoms with van der Waals surface area (Å²) >= 11 is 1.46. The number of aliphatic hydroxyl groups is 3. The average Bonchev–Trinajstić information content (AvgIpc) is 3.22. The molecule has 228 valence electrons. The number of aliphatic hydroxyl groups excluding tert-OH is 3. The van der Waals surface area contributed by atoms with Crippen molar-refractivity contribution in [2.24, 2.45) is 23.7 Å². The van der Waals surface area contributed by atoms with Crippen LogP contribution in [0.5, 0.6) is 0 Å². The molecule has 0 unspecified atom stereocenters. The van der Waals surface area contributed by atoms with Gasteiger partial charge < -0.3 is 40.2 Å². The van der Waals surface area contributed by atoms with E-state index in [0.717, 1.165) is 52.2 Å². The fraction of sp³-hybridized carbons (Fsp3) is 0.897. The number of carbonyl (C=O) groups is 1. The second-order valence-electron chi connectivity index (χ2n) is 12.7. The highest BCUT2D eigenvalue weighted by atomic mass is 32.2. The number of fused-ring (bicyclic) bond motifs is 3. The van der Waals surface area contributed by atoms with E-state index in [1.807, 2.05) is 0 Å². The molecule has 4 fully saturated rings. The van der Waals surface area contributed by atoms with Gasteiger partial charge in [0, 0.05) is 38.5 Å². The lowest BCUT2D eigenvalue weighted by molar-refractivity contribution is -0.205. The van der Waals surface area contributed by atoms with Gasteiger partial charge in [0.1, 0.15) is 35.9 Å². The van der Waals surface area contributed by atoms with Gasteiger partial charge in [-0.15, -0.1) is 11.8 Å². The fourth-order valence-electron chi connectivity index (χ4n) is 7.08. The van der Waals surface area contributed by atoms with E-state index in [9.17, 15) is 20.1 Å². The average molecular weight is 584 g/mol. The Labute approximate surface area is 242 Å². The molecule has 40 heavy (non-hydrogen) atoms. The highest BCUT2D eigenvalue weighted by Gasteiger charge is 2.49. The highest BCUT2D eigenvalue weighted by Crippen LogP contribution is 2.35. The zero-order valence-corrected chi connectivity index (χ0v) is 24.7. The maximum Gasteiger partial charge on any atom is 0.240 e. The van der Waals surface area contributed by atoms with Gasteiger partial charge in [-0.2, -0.15) is 0 Å². The summed E-state index contributed by atoms with van der Waals surface area (Å²) in [5, 5.41) is 38.9. The van der Waals surface area contributed by atoms with Crippen LogP contribution in [0.25, 0.3) is 0 Å². The van der Waals surface area contributed by atoms with E-state index in [4.69, 9.17) is 14.2 Å². The van der Waals surface area contributed by atoms with Gasteiger partial charge >= 0.3 is 0 Å². The van der Waals surface area contributed by atoms with E-state index in [1.165, 1.54) is 18.2 Å². The van der Waals surface area contributed by atoms with Crippen molar-refractivity contribution in [3.05, 3.63) is 12.2 Å². The van der Waals surface area contributed by atoms with Crippen molar-refractivity contribution in [3.8, 4) is 0 Å². The molecule has 4 saturated heterocycles. The number of hydrogen-bond acceptors (Lipinski definition) is 10. The van der Waals surface area contributed by atoms with E-state index in [0.29, 0.717) is 36.5 Å². The van der Waals surface area contributed by atoms with Crippen molar-refractivity contribution in [2.45, 2.75) is 87.6 Å². The first kappa shape index (κ1) is 30.7. The maximum atomic E-state index is 13.7. The van der Waals surface area contributed by atoms with Gasteiger partial charge in [-0.25, -0.2) is 0 Å². The largest absolute Gasteiger partial charge is 0.388 e. The Morgan fingerprint density at radius 1 is 1.12 bits per heavy atom. The Hall–Kier alpha value is -0.760. The first-order valence-electron chi connectivity index (χ1n) is 15.2. The number of hydrogen-bond donors (Lipinski definition) is 5. The van der Waals surface area contributed by atoms with Crippen LogP contribution in [0.4, 0.5) is 0 Å². The molecular weight excluding hydrogens is 534 g/mol. The second kappa shape index (κ2) is 14.1. The number of nitrogens with zero attached hydrogens (tertiary/aromatic N) is 1. The Morgan fingerprint density at radius 2 is 1.93 bits per heavy atom. The van der Waals surface area contributed by atoms with E-state index in [-0.39, 0.29) is 17.9 Å².